The van der Waals surface area contributed by atoms with Gasteiger partial charge in [0, 0.05) is 34.6 Å². The third-order valence-electron chi connectivity index (χ3n) is 11.3. The molecule has 3 atom stereocenters. The molecule has 294 valence electrons. The molecule has 1 aliphatic rings. The van der Waals surface area contributed by atoms with E-state index in [9.17, 15) is 13.2 Å². The Morgan fingerprint density at radius 3 is 2.09 bits per heavy atom. The van der Waals surface area contributed by atoms with Crippen molar-refractivity contribution in [3.05, 3.63) is 76.4 Å². The molecule has 0 bridgehead atoms. The number of amides is 1. The fraction of sp³-hybridized carbons (Fsp3) is 0.585. The van der Waals surface area contributed by atoms with Crippen LogP contribution in [0.4, 0.5) is 4.79 Å². The number of ether oxygens (including phenoxy) is 1. The zero-order valence-corrected chi connectivity index (χ0v) is 38.9. The lowest BCUT2D eigenvalue weighted by Crippen LogP contribution is -2.52. The summed E-state index contributed by atoms with van der Waals surface area (Å²) < 4.78 is 50.4. The van der Waals surface area contributed by atoms with Crippen molar-refractivity contribution in [3.63, 3.8) is 0 Å². The molecule has 1 aromatic heterocycles. The minimum atomic E-state index is -3.91. The molecule has 0 fully saturated rings. The van der Waals surface area contributed by atoms with E-state index < -0.39 is 38.4 Å². The van der Waals surface area contributed by atoms with Crippen molar-refractivity contribution in [2.24, 2.45) is 5.92 Å². The van der Waals surface area contributed by atoms with Crippen LogP contribution >= 0.6 is 15.9 Å². The maximum absolute atomic E-state index is 14.2. The summed E-state index contributed by atoms with van der Waals surface area (Å²) >= 11 is 3.73. The van der Waals surface area contributed by atoms with Crippen molar-refractivity contribution < 1.29 is 26.8 Å². The van der Waals surface area contributed by atoms with E-state index in [-0.39, 0.29) is 33.0 Å². The summed E-state index contributed by atoms with van der Waals surface area (Å²) in [6.07, 6.45) is 6.38. The summed E-state index contributed by atoms with van der Waals surface area (Å²) in [4.78, 5) is 16.3. The molecule has 4 rings (SSSR count). The Morgan fingerprint density at radius 2 is 1.53 bits per heavy atom. The second-order valence-electron chi connectivity index (χ2n) is 18.7. The highest BCUT2D eigenvalue weighted by Crippen LogP contribution is 2.41. The van der Waals surface area contributed by atoms with Crippen LogP contribution in [0.3, 0.4) is 0 Å². The molecule has 1 amide bonds. The molecular weight excluding hydrogens is 785 g/mol. The first-order chi connectivity index (χ1) is 24.1. The second-order valence-corrected chi connectivity index (χ2v) is 30.9. The van der Waals surface area contributed by atoms with Crippen molar-refractivity contribution in [3.8, 4) is 0 Å². The predicted molar refractivity (Wildman–Crippen MR) is 226 cm³/mol. The molecule has 53 heavy (non-hydrogen) atoms. The van der Waals surface area contributed by atoms with Crippen LogP contribution in [0.2, 0.25) is 36.3 Å². The number of hydrogen-bond donors (Lipinski definition) is 0. The maximum Gasteiger partial charge on any atom is 0.410 e. The molecule has 2 aromatic carbocycles. The fourth-order valence-corrected chi connectivity index (χ4v) is 10.3. The molecule has 0 spiro atoms. The van der Waals surface area contributed by atoms with E-state index in [2.05, 4.69) is 95.8 Å². The third-order valence-corrected chi connectivity index (χ3v) is 22.6. The molecule has 0 N–H and O–H groups in total. The van der Waals surface area contributed by atoms with Crippen LogP contribution in [0.15, 0.2) is 70.2 Å². The molecule has 2 heterocycles. The van der Waals surface area contributed by atoms with Gasteiger partial charge < -0.3 is 18.5 Å². The maximum atomic E-state index is 14.2. The van der Waals surface area contributed by atoms with Gasteiger partial charge in [-0.25, -0.2) is 17.2 Å². The molecule has 1 aliphatic heterocycles. The van der Waals surface area contributed by atoms with Crippen molar-refractivity contribution in [1.29, 1.82) is 0 Å². The van der Waals surface area contributed by atoms with Crippen LogP contribution in [0.1, 0.15) is 79.9 Å². The lowest BCUT2D eigenvalue weighted by Gasteiger charge is -2.44. The SMILES string of the molecule is Cc1ccc(S(=O)(=O)n2cc(C[C@@H]3CC=C[C@@H]([C@@H](CO[Si](C)(C)C(C)(C)C)O[Si](C)(C)C(C)(C)C)CN3C(=O)OC(C)(C)C)c3c(Br)cccc32)cc1. The summed E-state index contributed by atoms with van der Waals surface area (Å²) in [5.74, 6) is -0.151. The number of rotatable bonds is 10. The highest BCUT2D eigenvalue weighted by molar-refractivity contribution is 9.10. The monoisotopic (exact) mass is 846 g/mol. The molecule has 0 unspecified atom stereocenters. The third kappa shape index (κ3) is 10.2. The Hall–Kier alpha value is -2.23. The van der Waals surface area contributed by atoms with Gasteiger partial charge in [0.25, 0.3) is 10.0 Å². The van der Waals surface area contributed by atoms with E-state index in [4.69, 9.17) is 13.6 Å². The van der Waals surface area contributed by atoms with Crippen LogP contribution in [0, 0.1) is 12.8 Å². The van der Waals surface area contributed by atoms with Crippen LogP contribution in [0.5, 0.6) is 0 Å². The van der Waals surface area contributed by atoms with E-state index in [0.29, 0.717) is 31.5 Å². The summed E-state index contributed by atoms with van der Waals surface area (Å²) in [6.45, 7) is 30.9. The average Bonchev–Trinajstić information content (AvgIpc) is 3.25. The predicted octanol–water partition coefficient (Wildman–Crippen LogP) is 11.1. The zero-order valence-electron chi connectivity index (χ0n) is 34.5. The smallest absolute Gasteiger partial charge is 0.410 e. The number of hydrogen-bond acceptors (Lipinski definition) is 6. The summed E-state index contributed by atoms with van der Waals surface area (Å²) in [5.41, 5.74) is 1.67. The molecule has 0 saturated carbocycles. The number of aromatic nitrogens is 1. The number of benzene rings is 2. The van der Waals surface area contributed by atoms with Gasteiger partial charge in [0.05, 0.1) is 23.1 Å². The van der Waals surface area contributed by atoms with Gasteiger partial charge in [-0.05, 0) is 107 Å². The van der Waals surface area contributed by atoms with Crippen molar-refractivity contribution in [2.45, 2.75) is 141 Å². The molecule has 8 nitrogen and oxygen atoms in total. The van der Waals surface area contributed by atoms with Gasteiger partial charge in [0.2, 0.25) is 0 Å². The quantitative estimate of drug-likeness (QED) is 0.149. The number of fused-ring (bicyclic) bond motifs is 1. The second kappa shape index (κ2) is 15.7. The largest absolute Gasteiger partial charge is 0.444 e. The zero-order chi connectivity index (χ0) is 39.9. The van der Waals surface area contributed by atoms with Crippen LogP contribution in [-0.2, 0) is 30.0 Å². The standard InChI is InChI=1S/C41H63BrN2O6SSi2/c1-29-21-23-33(24-22-29)51(46,47)44-27-31(37-34(42)19-16-20-35(37)44)25-32-18-15-17-30(26-43(32)38(45)49-39(2,3)4)36(50-53(13,14)41(8,9)10)28-48-52(11,12)40(5,6)7/h15-17,19-24,27,30,32,36H,18,25-26,28H2,1-14H3/t30-,32+,36-/m1/s1. The van der Waals surface area contributed by atoms with Gasteiger partial charge >= 0.3 is 6.09 Å². The Morgan fingerprint density at radius 1 is 0.925 bits per heavy atom. The van der Waals surface area contributed by atoms with Crippen molar-refractivity contribution >= 4 is 59.6 Å². The number of nitrogens with zero attached hydrogens (tertiary/aromatic N) is 2. The highest BCUT2D eigenvalue weighted by Gasteiger charge is 2.44. The minimum Gasteiger partial charge on any atom is -0.444 e. The van der Waals surface area contributed by atoms with Gasteiger partial charge in [0.1, 0.15) is 5.60 Å². The first-order valence-corrected chi connectivity index (χ1v) is 26.8. The molecule has 12 heteroatoms. The van der Waals surface area contributed by atoms with Gasteiger partial charge in [-0.3, -0.25) is 0 Å². The lowest BCUT2D eigenvalue weighted by atomic mass is 10.0. The molecule has 0 aliphatic carbocycles. The van der Waals surface area contributed by atoms with Gasteiger partial charge in [-0.15, -0.1) is 0 Å². The van der Waals surface area contributed by atoms with Crippen LogP contribution in [-0.4, -0.2) is 70.9 Å². The lowest BCUT2D eigenvalue weighted by molar-refractivity contribution is 0.00593. The van der Waals surface area contributed by atoms with E-state index >= 15 is 0 Å². The van der Waals surface area contributed by atoms with Crippen LogP contribution < -0.4 is 0 Å². The number of aryl methyl sites for hydroxylation is 1. The normalized spacial score (nSPS) is 18.7. The number of carbonyl (C=O) groups excluding carboxylic acids is 1. The van der Waals surface area contributed by atoms with E-state index in [1.54, 1.807) is 18.3 Å². The van der Waals surface area contributed by atoms with Crippen molar-refractivity contribution in [2.75, 3.05) is 13.2 Å². The summed E-state index contributed by atoms with van der Waals surface area (Å²) in [6, 6.07) is 12.2. The first kappa shape index (κ1) is 43.5. The average molecular weight is 848 g/mol. The van der Waals surface area contributed by atoms with Gasteiger partial charge in [-0.1, -0.05) is 93.4 Å². The minimum absolute atomic E-state index is 0.0232. The Kier molecular flexibility index (Phi) is 12.9. The molecule has 0 saturated heterocycles. The molecular formula is C41H63BrN2O6SSi2. The van der Waals surface area contributed by atoms with E-state index in [1.165, 1.54) is 3.97 Å². The molecule has 0 radical (unpaired) electrons. The van der Waals surface area contributed by atoms with Gasteiger partial charge in [-0.2, -0.15) is 0 Å². The summed E-state index contributed by atoms with van der Waals surface area (Å²) in [5, 5.41) is 0.811. The van der Waals surface area contributed by atoms with Gasteiger partial charge in [0.15, 0.2) is 16.6 Å². The Bertz CT molecular complexity index is 1900. The first-order valence-electron chi connectivity index (χ1n) is 18.7. The number of carbonyl (C=O) groups is 1. The fourth-order valence-electron chi connectivity index (χ4n) is 5.98. The van der Waals surface area contributed by atoms with E-state index in [0.717, 1.165) is 21.0 Å². The Labute approximate surface area is 330 Å². The number of halogens is 1. The Balaban J connectivity index is 1.78. The van der Waals surface area contributed by atoms with Crippen LogP contribution in [0.25, 0.3) is 10.9 Å². The molecule has 3 aromatic rings. The van der Waals surface area contributed by atoms with Crippen molar-refractivity contribution in [1.82, 2.24) is 8.87 Å². The van der Waals surface area contributed by atoms with E-state index in [1.807, 2.05) is 62.9 Å². The highest BCUT2D eigenvalue weighted by atomic mass is 79.9. The topological polar surface area (TPSA) is 87.1 Å². The summed E-state index contributed by atoms with van der Waals surface area (Å²) in [7, 11) is -8.28.